The second kappa shape index (κ2) is 6.79. The lowest BCUT2D eigenvalue weighted by molar-refractivity contribution is -0.118. The van der Waals surface area contributed by atoms with Crippen LogP contribution >= 0.6 is 11.8 Å². The number of amides is 2. The van der Waals surface area contributed by atoms with Gasteiger partial charge in [-0.05, 0) is 13.0 Å². The summed E-state index contributed by atoms with van der Waals surface area (Å²) >= 11 is 1.22. The molecule has 0 aliphatic carbocycles. The number of nitrogens with two attached hydrogens (primary N) is 1. The van der Waals surface area contributed by atoms with Crippen LogP contribution in [-0.4, -0.2) is 37.7 Å². The van der Waals surface area contributed by atoms with E-state index in [1.54, 1.807) is 12.3 Å². The lowest BCUT2D eigenvalue weighted by Gasteiger charge is -2.02. The number of nitrogens with zero attached hydrogens (tertiary/aromatic N) is 4. The highest BCUT2D eigenvalue weighted by Crippen LogP contribution is 2.11. The molecule has 0 saturated heterocycles. The van der Waals surface area contributed by atoms with Gasteiger partial charge in [-0.3, -0.25) is 9.59 Å². The second-order valence-electron chi connectivity index (χ2n) is 3.93. The van der Waals surface area contributed by atoms with Gasteiger partial charge in [0.25, 0.3) is 0 Å². The Labute approximate surface area is 123 Å². The Hall–Kier alpha value is -2.49. The highest BCUT2D eigenvalue weighted by Gasteiger charge is 2.12. The molecule has 0 fully saturated rings. The minimum Gasteiger partial charge on any atom is -0.361 e. The van der Waals surface area contributed by atoms with Gasteiger partial charge in [0.2, 0.25) is 5.91 Å². The van der Waals surface area contributed by atoms with Gasteiger partial charge in [0, 0.05) is 11.9 Å². The number of rotatable bonds is 6. The number of hydrogen-bond donors (Lipinski definition) is 2. The smallest absolute Gasteiger partial charge is 0.315 e. The predicted octanol–water partition coefficient (Wildman–Crippen LogP) is -0.325. The van der Waals surface area contributed by atoms with E-state index in [9.17, 15) is 9.59 Å². The lowest BCUT2D eigenvalue weighted by Crippen LogP contribution is -2.25. The first-order chi connectivity index (χ1) is 10.0. The van der Waals surface area contributed by atoms with Gasteiger partial charge >= 0.3 is 11.8 Å². The molecule has 0 saturated carbocycles. The number of hydrogen-bond acceptors (Lipinski definition) is 8. The average Bonchev–Trinajstić information content (AvgIpc) is 2.92. The summed E-state index contributed by atoms with van der Waals surface area (Å²) in [5, 5.41) is 6.62. The fourth-order valence-electron chi connectivity index (χ4n) is 1.28. The summed E-state index contributed by atoms with van der Waals surface area (Å²) < 4.78 is 4.59. The third kappa shape index (κ3) is 4.53. The van der Waals surface area contributed by atoms with E-state index in [-0.39, 0.29) is 29.9 Å². The highest BCUT2D eigenvalue weighted by atomic mass is 32.2. The third-order valence-electron chi connectivity index (χ3n) is 2.23. The number of aromatic nitrogens is 4. The van der Waals surface area contributed by atoms with Crippen LogP contribution in [0.25, 0.3) is 0 Å². The number of aryl methyl sites for hydroxylation is 1. The Balaban J connectivity index is 1.78. The molecule has 3 N–H and O–H groups in total. The van der Waals surface area contributed by atoms with Gasteiger partial charge in [0.1, 0.15) is 0 Å². The van der Waals surface area contributed by atoms with E-state index in [0.717, 1.165) is 5.69 Å². The van der Waals surface area contributed by atoms with Crippen molar-refractivity contribution >= 4 is 23.6 Å². The maximum Gasteiger partial charge on any atom is 0.315 e. The molecule has 21 heavy (non-hydrogen) atoms. The van der Waals surface area contributed by atoms with Crippen molar-refractivity contribution in [2.24, 2.45) is 5.73 Å². The number of nitrogens with one attached hydrogen (secondary N) is 1. The van der Waals surface area contributed by atoms with Crippen molar-refractivity contribution in [2.45, 2.75) is 18.6 Å². The van der Waals surface area contributed by atoms with Gasteiger partial charge in [-0.15, -0.1) is 0 Å². The average molecular weight is 308 g/mol. The normalized spacial score (nSPS) is 10.3. The molecule has 0 aromatic carbocycles. The fourth-order valence-corrected chi connectivity index (χ4v) is 1.99. The summed E-state index contributed by atoms with van der Waals surface area (Å²) in [6.07, 6.45) is 1.63. The number of primary amides is 1. The monoisotopic (exact) mass is 308 g/mol. The molecule has 0 aliphatic rings. The first-order valence-electron chi connectivity index (χ1n) is 5.86. The number of carbonyl (C=O) groups excluding carboxylic acids is 2. The molecule has 9 nitrogen and oxygen atoms in total. The molecule has 2 aromatic heterocycles. The molecule has 0 aliphatic heterocycles. The summed E-state index contributed by atoms with van der Waals surface area (Å²) in [7, 11) is 0. The van der Waals surface area contributed by atoms with Crippen LogP contribution in [0.4, 0.5) is 0 Å². The zero-order chi connectivity index (χ0) is 15.2. The van der Waals surface area contributed by atoms with Crippen LogP contribution in [-0.2, 0) is 11.3 Å². The van der Waals surface area contributed by atoms with Crippen LogP contribution in [0.3, 0.4) is 0 Å². The quantitative estimate of drug-likeness (QED) is 0.547. The maximum absolute atomic E-state index is 11.6. The second-order valence-corrected chi connectivity index (χ2v) is 4.87. The first kappa shape index (κ1) is 14.9. The van der Waals surface area contributed by atoms with E-state index in [0.29, 0.717) is 5.16 Å². The molecule has 0 radical (unpaired) electrons. The molecule has 2 aromatic rings. The van der Waals surface area contributed by atoms with Crippen LogP contribution in [0.2, 0.25) is 0 Å². The molecule has 0 atom stereocenters. The molecule has 2 heterocycles. The topological polar surface area (TPSA) is 137 Å². The Kier molecular flexibility index (Phi) is 4.82. The molecule has 2 amide bonds. The zero-order valence-electron chi connectivity index (χ0n) is 11.1. The summed E-state index contributed by atoms with van der Waals surface area (Å²) in [5.74, 6) is -1.01. The number of thioether (sulfide) groups is 1. The minimum atomic E-state index is -0.813. The van der Waals surface area contributed by atoms with Gasteiger partial charge in [0.15, 0.2) is 11.0 Å². The highest BCUT2D eigenvalue weighted by molar-refractivity contribution is 7.99. The molecular weight excluding hydrogens is 296 g/mol. The van der Waals surface area contributed by atoms with Gasteiger partial charge in [-0.2, -0.15) is 4.98 Å². The predicted molar refractivity (Wildman–Crippen MR) is 72.2 cm³/mol. The Bertz CT molecular complexity index is 659. The van der Waals surface area contributed by atoms with Gasteiger partial charge in [-0.1, -0.05) is 16.9 Å². The van der Waals surface area contributed by atoms with Crippen molar-refractivity contribution in [2.75, 3.05) is 5.75 Å². The van der Waals surface area contributed by atoms with Crippen LogP contribution in [0.15, 0.2) is 21.9 Å². The van der Waals surface area contributed by atoms with Gasteiger partial charge in [-0.25, -0.2) is 9.97 Å². The molecular formula is C11H12N6O3S. The van der Waals surface area contributed by atoms with E-state index in [4.69, 9.17) is 5.73 Å². The van der Waals surface area contributed by atoms with Crippen LogP contribution < -0.4 is 11.1 Å². The van der Waals surface area contributed by atoms with Crippen molar-refractivity contribution in [1.29, 1.82) is 0 Å². The van der Waals surface area contributed by atoms with Crippen molar-refractivity contribution in [3.05, 3.63) is 29.7 Å². The van der Waals surface area contributed by atoms with Gasteiger partial charge < -0.3 is 15.6 Å². The van der Waals surface area contributed by atoms with E-state index >= 15 is 0 Å². The van der Waals surface area contributed by atoms with Crippen molar-refractivity contribution in [3.63, 3.8) is 0 Å². The maximum atomic E-state index is 11.6. The van der Waals surface area contributed by atoms with Gasteiger partial charge in [0.05, 0.1) is 12.3 Å². The van der Waals surface area contributed by atoms with E-state index in [2.05, 4.69) is 29.9 Å². The summed E-state index contributed by atoms with van der Waals surface area (Å²) in [6.45, 7) is 1.89. The third-order valence-corrected chi connectivity index (χ3v) is 3.09. The van der Waals surface area contributed by atoms with Crippen molar-refractivity contribution in [1.82, 2.24) is 25.4 Å². The Morgan fingerprint density at radius 2 is 2.24 bits per heavy atom. The van der Waals surface area contributed by atoms with E-state index < -0.39 is 5.91 Å². The summed E-state index contributed by atoms with van der Waals surface area (Å²) in [4.78, 5) is 34.3. The minimum absolute atomic E-state index is 0.0465. The Morgan fingerprint density at radius 3 is 2.90 bits per heavy atom. The lowest BCUT2D eigenvalue weighted by atomic mass is 10.5. The summed E-state index contributed by atoms with van der Waals surface area (Å²) in [6, 6.07) is 1.77. The standard InChI is InChI=1S/C11H12N6O3S/c1-6-2-3-13-11(15-6)21-5-8(18)14-4-7-16-10(9(12)19)20-17-7/h2-3H,4-5H2,1H3,(H2,12,19)(H,14,18). The summed E-state index contributed by atoms with van der Waals surface area (Å²) in [5.41, 5.74) is 5.80. The number of carbonyl (C=O) groups is 2. The van der Waals surface area contributed by atoms with Crippen LogP contribution in [0.1, 0.15) is 22.2 Å². The molecule has 0 spiro atoms. The van der Waals surface area contributed by atoms with Crippen molar-refractivity contribution in [3.8, 4) is 0 Å². The SMILES string of the molecule is Cc1ccnc(SCC(=O)NCc2noc(C(N)=O)n2)n1. The largest absolute Gasteiger partial charge is 0.361 e. The van der Waals surface area contributed by atoms with E-state index in [1.165, 1.54) is 11.8 Å². The van der Waals surface area contributed by atoms with Crippen LogP contribution in [0.5, 0.6) is 0 Å². The first-order valence-corrected chi connectivity index (χ1v) is 6.84. The molecule has 10 heteroatoms. The zero-order valence-corrected chi connectivity index (χ0v) is 11.9. The van der Waals surface area contributed by atoms with Crippen molar-refractivity contribution < 1.29 is 14.1 Å². The molecule has 2 rings (SSSR count). The molecule has 0 unspecified atom stereocenters. The molecule has 110 valence electrons. The Morgan fingerprint density at radius 1 is 1.43 bits per heavy atom. The van der Waals surface area contributed by atoms with Crippen LogP contribution in [0, 0.1) is 6.92 Å². The molecule has 0 bridgehead atoms. The fraction of sp³-hybridized carbons (Fsp3) is 0.273. The van der Waals surface area contributed by atoms with E-state index in [1.807, 2.05) is 6.92 Å².